The first-order chi connectivity index (χ1) is 6.65. The molecule has 0 amide bonds. The minimum atomic E-state index is 0.217. The minimum Gasteiger partial charge on any atom is -0.117 e. The lowest BCUT2D eigenvalue weighted by molar-refractivity contribution is 0.476. The third kappa shape index (κ3) is 1.37. The van der Waals surface area contributed by atoms with Gasteiger partial charge >= 0.3 is 0 Å². The number of aryl methyl sites for hydroxylation is 1. The maximum Gasteiger partial charge on any atom is 0.0619 e. The highest BCUT2D eigenvalue weighted by Gasteiger charge is 2.35. The highest BCUT2D eigenvalue weighted by Crippen LogP contribution is 2.49. The molecule has 1 aromatic carbocycles. The molecular weight excluding hydrogens is 192 g/mol. The van der Waals surface area contributed by atoms with Crippen molar-refractivity contribution in [1.29, 1.82) is 0 Å². The van der Waals surface area contributed by atoms with Crippen molar-refractivity contribution in [2.24, 2.45) is 5.92 Å². The minimum absolute atomic E-state index is 0.217. The molecule has 1 aliphatic carbocycles. The summed E-state index contributed by atoms with van der Waals surface area (Å²) in [4.78, 5) is 0. The Morgan fingerprint density at radius 1 is 1.29 bits per heavy atom. The van der Waals surface area contributed by atoms with Crippen molar-refractivity contribution in [3.05, 3.63) is 34.9 Å². The summed E-state index contributed by atoms with van der Waals surface area (Å²) in [5.74, 6) is 1.24. The van der Waals surface area contributed by atoms with Gasteiger partial charge in [-0.05, 0) is 36.3 Å². The number of alkyl halides is 1. The number of hydrogen-bond donors (Lipinski definition) is 0. The summed E-state index contributed by atoms with van der Waals surface area (Å²) < 4.78 is 0. The van der Waals surface area contributed by atoms with Crippen molar-refractivity contribution in [2.45, 2.75) is 38.5 Å². The molecule has 2 rings (SSSR count). The lowest BCUT2D eigenvalue weighted by atomic mass is 9.91. The van der Waals surface area contributed by atoms with E-state index in [2.05, 4.69) is 39.0 Å². The van der Waals surface area contributed by atoms with Gasteiger partial charge in [-0.3, -0.25) is 0 Å². The summed E-state index contributed by atoms with van der Waals surface area (Å²) in [6, 6.07) is 6.71. The van der Waals surface area contributed by atoms with Crippen molar-refractivity contribution >= 4 is 11.6 Å². The molecule has 1 aliphatic rings. The summed E-state index contributed by atoms with van der Waals surface area (Å²) in [5, 5.41) is 0.217. The monoisotopic (exact) mass is 208 g/mol. The Hall–Kier alpha value is -0.490. The zero-order valence-electron chi connectivity index (χ0n) is 9.05. The maximum atomic E-state index is 6.44. The van der Waals surface area contributed by atoms with Crippen LogP contribution in [0.4, 0.5) is 0 Å². The molecule has 0 aromatic heterocycles. The molecule has 0 saturated heterocycles. The van der Waals surface area contributed by atoms with Crippen LogP contribution in [-0.2, 0) is 0 Å². The highest BCUT2D eigenvalue weighted by molar-refractivity contribution is 6.21. The van der Waals surface area contributed by atoms with Crippen LogP contribution in [0.5, 0.6) is 0 Å². The van der Waals surface area contributed by atoms with Gasteiger partial charge < -0.3 is 0 Å². The van der Waals surface area contributed by atoms with Crippen molar-refractivity contribution in [3.63, 3.8) is 0 Å². The van der Waals surface area contributed by atoms with Crippen molar-refractivity contribution in [2.75, 3.05) is 0 Å². The van der Waals surface area contributed by atoms with E-state index in [-0.39, 0.29) is 5.38 Å². The SMILES string of the molecule is CCC1c2ccc(C)cc2C(Cl)C1C. The van der Waals surface area contributed by atoms with Gasteiger partial charge in [0.15, 0.2) is 0 Å². The van der Waals surface area contributed by atoms with Gasteiger partial charge in [0.05, 0.1) is 5.38 Å². The Balaban J connectivity index is 2.50. The Kier molecular flexibility index (Phi) is 2.57. The molecule has 3 unspecified atom stereocenters. The summed E-state index contributed by atoms with van der Waals surface area (Å²) in [5.41, 5.74) is 4.16. The van der Waals surface area contributed by atoms with E-state index in [0.717, 1.165) is 0 Å². The van der Waals surface area contributed by atoms with E-state index >= 15 is 0 Å². The van der Waals surface area contributed by atoms with Crippen LogP contribution in [0, 0.1) is 12.8 Å². The number of fused-ring (bicyclic) bond motifs is 1. The molecule has 0 nitrogen and oxygen atoms in total. The molecule has 0 N–H and O–H groups in total. The quantitative estimate of drug-likeness (QED) is 0.600. The lowest BCUT2D eigenvalue weighted by Crippen LogP contribution is -2.03. The average Bonchev–Trinajstić information content (AvgIpc) is 2.41. The van der Waals surface area contributed by atoms with Crippen LogP contribution in [-0.4, -0.2) is 0 Å². The van der Waals surface area contributed by atoms with E-state index in [4.69, 9.17) is 11.6 Å². The molecule has 0 fully saturated rings. The van der Waals surface area contributed by atoms with Crippen molar-refractivity contribution in [3.8, 4) is 0 Å². The van der Waals surface area contributed by atoms with Crippen LogP contribution in [0.1, 0.15) is 48.3 Å². The van der Waals surface area contributed by atoms with Gasteiger partial charge in [-0.1, -0.05) is 37.6 Å². The van der Waals surface area contributed by atoms with Gasteiger partial charge in [-0.2, -0.15) is 0 Å². The van der Waals surface area contributed by atoms with Crippen LogP contribution in [0.15, 0.2) is 18.2 Å². The van der Waals surface area contributed by atoms with Crippen LogP contribution < -0.4 is 0 Å². The van der Waals surface area contributed by atoms with Crippen LogP contribution in [0.25, 0.3) is 0 Å². The van der Waals surface area contributed by atoms with E-state index in [1.807, 2.05) is 0 Å². The predicted molar refractivity (Wildman–Crippen MR) is 62.0 cm³/mol. The Bertz CT molecular complexity index is 343. The molecule has 76 valence electrons. The van der Waals surface area contributed by atoms with Gasteiger partial charge in [-0.15, -0.1) is 11.6 Å². The van der Waals surface area contributed by atoms with Gasteiger partial charge in [0.1, 0.15) is 0 Å². The molecule has 3 atom stereocenters. The second-order valence-corrected chi connectivity index (χ2v) is 4.88. The number of benzene rings is 1. The third-order valence-electron chi connectivity index (χ3n) is 3.47. The summed E-state index contributed by atoms with van der Waals surface area (Å²) in [7, 11) is 0. The van der Waals surface area contributed by atoms with E-state index in [1.54, 1.807) is 0 Å². The predicted octanol–water partition coefficient (Wildman–Crippen LogP) is 4.42. The summed E-state index contributed by atoms with van der Waals surface area (Å²) in [6.07, 6.45) is 1.19. The lowest BCUT2D eigenvalue weighted by Gasteiger charge is -2.15. The van der Waals surface area contributed by atoms with Crippen LogP contribution in [0.2, 0.25) is 0 Å². The smallest absolute Gasteiger partial charge is 0.0619 e. The van der Waals surface area contributed by atoms with E-state index < -0.39 is 0 Å². The zero-order valence-corrected chi connectivity index (χ0v) is 9.81. The second kappa shape index (κ2) is 3.58. The third-order valence-corrected chi connectivity index (χ3v) is 4.11. The fraction of sp³-hybridized carbons (Fsp3) is 0.538. The molecule has 1 heteroatoms. The normalized spacial score (nSPS) is 30.4. The largest absolute Gasteiger partial charge is 0.117 e. The van der Waals surface area contributed by atoms with Crippen LogP contribution in [0.3, 0.4) is 0 Å². The highest BCUT2D eigenvalue weighted by atomic mass is 35.5. The Morgan fingerprint density at radius 3 is 2.64 bits per heavy atom. The first-order valence-electron chi connectivity index (χ1n) is 5.39. The summed E-state index contributed by atoms with van der Waals surface area (Å²) >= 11 is 6.44. The zero-order chi connectivity index (χ0) is 10.3. The van der Waals surface area contributed by atoms with E-state index in [9.17, 15) is 0 Å². The molecule has 1 aromatic rings. The maximum absolute atomic E-state index is 6.44. The fourth-order valence-corrected chi connectivity index (χ4v) is 3.00. The molecule has 0 saturated carbocycles. The van der Waals surface area contributed by atoms with Gasteiger partial charge in [-0.25, -0.2) is 0 Å². The van der Waals surface area contributed by atoms with Crippen molar-refractivity contribution in [1.82, 2.24) is 0 Å². The van der Waals surface area contributed by atoms with Crippen LogP contribution >= 0.6 is 11.6 Å². The molecule has 0 aliphatic heterocycles. The topological polar surface area (TPSA) is 0 Å². The molecule has 0 heterocycles. The Labute approximate surface area is 91.3 Å². The number of halogens is 1. The standard InChI is InChI=1S/C13H17Cl/c1-4-10-9(3)13(14)12-7-8(2)5-6-11(10)12/h5-7,9-10,13H,4H2,1-3H3. The van der Waals surface area contributed by atoms with Gasteiger partial charge in [0.2, 0.25) is 0 Å². The van der Waals surface area contributed by atoms with E-state index in [0.29, 0.717) is 11.8 Å². The summed E-state index contributed by atoms with van der Waals surface area (Å²) in [6.45, 7) is 6.65. The molecule has 14 heavy (non-hydrogen) atoms. The van der Waals surface area contributed by atoms with E-state index in [1.165, 1.54) is 23.1 Å². The molecule has 0 bridgehead atoms. The number of hydrogen-bond acceptors (Lipinski definition) is 0. The second-order valence-electron chi connectivity index (χ2n) is 4.41. The van der Waals surface area contributed by atoms with Gasteiger partial charge in [0, 0.05) is 0 Å². The van der Waals surface area contributed by atoms with Gasteiger partial charge in [0.25, 0.3) is 0 Å². The Morgan fingerprint density at radius 2 is 2.00 bits per heavy atom. The first kappa shape index (κ1) is 10.0. The first-order valence-corrected chi connectivity index (χ1v) is 5.83. The fourth-order valence-electron chi connectivity index (χ4n) is 2.63. The molecule has 0 spiro atoms. The molecule has 0 radical (unpaired) electrons. The molecular formula is C13H17Cl. The number of rotatable bonds is 1. The average molecular weight is 209 g/mol. The van der Waals surface area contributed by atoms with Crippen molar-refractivity contribution < 1.29 is 0 Å².